The van der Waals surface area contributed by atoms with E-state index in [9.17, 15) is 9.59 Å². The first-order valence-corrected chi connectivity index (χ1v) is 7.79. The molecule has 1 aromatic carbocycles. The van der Waals surface area contributed by atoms with Gasteiger partial charge in [-0.3, -0.25) is 4.79 Å². The van der Waals surface area contributed by atoms with Gasteiger partial charge in [0.1, 0.15) is 5.69 Å². The van der Waals surface area contributed by atoms with E-state index < -0.39 is 5.97 Å². The molecule has 1 aromatic heterocycles. The molecule has 24 heavy (non-hydrogen) atoms. The van der Waals surface area contributed by atoms with E-state index in [4.69, 9.17) is 0 Å². The van der Waals surface area contributed by atoms with Gasteiger partial charge < -0.3 is 15.0 Å². The van der Waals surface area contributed by atoms with E-state index in [-0.39, 0.29) is 5.91 Å². The van der Waals surface area contributed by atoms with Crippen molar-refractivity contribution in [3.05, 3.63) is 53.9 Å². The number of amides is 1. The molecule has 0 saturated heterocycles. The first-order valence-electron chi connectivity index (χ1n) is 7.79. The Labute approximate surface area is 141 Å². The number of carbonyl (C=O) groups is 2. The number of hydrogen-bond donors (Lipinski definition) is 1. The predicted molar refractivity (Wildman–Crippen MR) is 93.5 cm³/mol. The van der Waals surface area contributed by atoms with Crippen LogP contribution in [0.5, 0.6) is 0 Å². The minimum Gasteiger partial charge on any atom is -0.465 e. The zero-order valence-electron chi connectivity index (χ0n) is 14.1. The lowest BCUT2D eigenvalue weighted by molar-refractivity contribution is 0.0600. The van der Waals surface area contributed by atoms with Crippen LogP contribution in [0.15, 0.2) is 42.6 Å². The number of benzene rings is 1. The van der Waals surface area contributed by atoms with Gasteiger partial charge in [0.05, 0.1) is 24.6 Å². The molecule has 1 N–H and O–H groups in total. The molecule has 6 nitrogen and oxygen atoms in total. The number of ether oxygens (including phenoxy) is 1. The molecule has 0 spiro atoms. The summed E-state index contributed by atoms with van der Waals surface area (Å²) < 4.78 is 4.67. The Bertz CT molecular complexity index is 710. The first-order chi connectivity index (χ1) is 11.6. The maximum atomic E-state index is 12.3. The molecule has 2 aromatic rings. The average Bonchev–Trinajstić information content (AvgIpc) is 2.62. The third kappa shape index (κ3) is 4.10. The monoisotopic (exact) mass is 327 g/mol. The van der Waals surface area contributed by atoms with Crippen LogP contribution in [-0.2, 0) is 4.74 Å². The molecule has 0 aliphatic heterocycles. The van der Waals surface area contributed by atoms with Crippen LogP contribution >= 0.6 is 0 Å². The largest absolute Gasteiger partial charge is 0.465 e. The molecule has 0 fully saturated rings. The van der Waals surface area contributed by atoms with Crippen molar-refractivity contribution in [2.45, 2.75) is 13.8 Å². The highest BCUT2D eigenvalue weighted by Crippen LogP contribution is 2.15. The third-order valence-corrected chi connectivity index (χ3v) is 3.65. The second kappa shape index (κ2) is 8.10. The molecular formula is C18H21N3O3. The topological polar surface area (TPSA) is 71.5 Å². The van der Waals surface area contributed by atoms with Gasteiger partial charge >= 0.3 is 5.97 Å². The Balaban J connectivity index is 2.11. The van der Waals surface area contributed by atoms with Crippen molar-refractivity contribution in [1.29, 1.82) is 0 Å². The van der Waals surface area contributed by atoms with Crippen molar-refractivity contribution in [3.8, 4) is 0 Å². The van der Waals surface area contributed by atoms with Gasteiger partial charge in [0.25, 0.3) is 5.91 Å². The Morgan fingerprint density at radius 3 is 2.50 bits per heavy atom. The third-order valence-electron chi connectivity index (χ3n) is 3.65. The molecule has 126 valence electrons. The van der Waals surface area contributed by atoms with Crippen molar-refractivity contribution in [2.24, 2.45) is 0 Å². The highest BCUT2D eigenvalue weighted by atomic mass is 16.5. The van der Waals surface area contributed by atoms with Crippen LogP contribution in [0.1, 0.15) is 34.7 Å². The van der Waals surface area contributed by atoms with Crippen molar-refractivity contribution in [1.82, 2.24) is 4.98 Å². The van der Waals surface area contributed by atoms with Crippen LogP contribution in [0.4, 0.5) is 11.4 Å². The molecule has 0 saturated carbocycles. The number of esters is 1. The van der Waals surface area contributed by atoms with E-state index in [0.29, 0.717) is 16.9 Å². The minimum atomic E-state index is -0.451. The highest BCUT2D eigenvalue weighted by Gasteiger charge is 2.11. The van der Waals surface area contributed by atoms with E-state index in [1.165, 1.54) is 7.11 Å². The maximum absolute atomic E-state index is 12.3. The van der Waals surface area contributed by atoms with Gasteiger partial charge in [0.2, 0.25) is 0 Å². The molecule has 2 rings (SSSR count). The number of hydrogen-bond acceptors (Lipinski definition) is 5. The number of nitrogens with one attached hydrogen (secondary N) is 1. The summed E-state index contributed by atoms with van der Waals surface area (Å²) in [6.45, 7) is 5.89. The fourth-order valence-corrected chi connectivity index (χ4v) is 2.33. The summed E-state index contributed by atoms with van der Waals surface area (Å²) in [6, 6.07) is 10.1. The second-order valence-corrected chi connectivity index (χ2v) is 5.10. The van der Waals surface area contributed by atoms with Crippen LogP contribution in [0, 0.1) is 0 Å². The molecule has 1 amide bonds. The first kappa shape index (κ1) is 17.5. The Hall–Kier alpha value is -2.89. The number of methoxy groups -OCH3 is 1. The number of aromatic nitrogens is 1. The fourth-order valence-electron chi connectivity index (χ4n) is 2.33. The van der Waals surface area contributed by atoms with Gasteiger partial charge in [-0.1, -0.05) is 6.07 Å². The van der Waals surface area contributed by atoms with E-state index in [1.54, 1.807) is 36.5 Å². The summed E-state index contributed by atoms with van der Waals surface area (Å²) >= 11 is 0. The molecule has 0 radical (unpaired) electrons. The summed E-state index contributed by atoms with van der Waals surface area (Å²) in [5, 5.41) is 2.73. The number of rotatable bonds is 6. The zero-order chi connectivity index (χ0) is 17.5. The van der Waals surface area contributed by atoms with Crippen LogP contribution in [-0.4, -0.2) is 37.1 Å². The van der Waals surface area contributed by atoms with Gasteiger partial charge in [0, 0.05) is 18.8 Å². The second-order valence-electron chi connectivity index (χ2n) is 5.10. The van der Waals surface area contributed by atoms with Gasteiger partial charge in [-0.2, -0.15) is 0 Å². The number of nitrogens with zero attached hydrogens (tertiary/aromatic N) is 2. The van der Waals surface area contributed by atoms with Crippen molar-refractivity contribution < 1.29 is 14.3 Å². The standard InChI is InChI=1S/C18H21N3O3/c1-4-21(5-2)15-9-10-16(19-12-15)17(22)20-14-8-6-7-13(11-14)18(23)24-3/h6-12H,4-5H2,1-3H3,(H,20,22). The number of carbonyl (C=O) groups excluding carboxylic acids is 2. The molecule has 0 unspecified atom stereocenters. The van der Waals surface area contributed by atoms with Gasteiger partial charge in [-0.15, -0.1) is 0 Å². The summed E-state index contributed by atoms with van der Waals surface area (Å²) in [4.78, 5) is 30.2. The molecule has 1 heterocycles. The Morgan fingerprint density at radius 1 is 1.17 bits per heavy atom. The molecule has 0 bridgehead atoms. The van der Waals surface area contributed by atoms with Gasteiger partial charge in [0.15, 0.2) is 0 Å². The van der Waals surface area contributed by atoms with Crippen LogP contribution in [0.2, 0.25) is 0 Å². The summed E-state index contributed by atoms with van der Waals surface area (Å²) in [6.07, 6.45) is 1.69. The molecule has 0 aliphatic rings. The molecular weight excluding hydrogens is 306 g/mol. The molecule has 6 heteroatoms. The van der Waals surface area contributed by atoms with Crippen molar-refractivity contribution >= 4 is 23.3 Å². The van der Waals surface area contributed by atoms with Crippen LogP contribution < -0.4 is 10.2 Å². The normalized spacial score (nSPS) is 10.1. The zero-order valence-corrected chi connectivity index (χ0v) is 14.1. The fraction of sp³-hybridized carbons (Fsp3) is 0.278. The number of anilines is 2. The summed E-state index contributed by atoms with van der Waals surface area (Å²) in [7, 11) is 1.31. The van der Waals surface area contributed by atoms with Gasteiger partial charge in [-0.25, -0.2) is 9.78 Å². The predicted octanol–water partition coefficient (Wildman–Crippen LogP) is 2.97. The lowest BCUT2D eigenvalue weighted by Crippen LogP contribution is -2.22. The lowest BCUT2D eigenvalue weighted by atomic mass is 10.2. The number of pyridine rings is 1. The maximum Gasteiger partial charge on any atom is 0.337 e. The van der Waals surface area contributed by atoms with Crippen molar-refractivity contribution in [3.63, 3.8) is 0 Å². The summed E-state index contributed by atoms with van der Waals surface area (Å²) in [5.41, 5.74) is 2.18. The quantitative estimate of drug-likeness (QED) is 0.826. The minimum absolute atomic E-state index is 0.314. The molecule has 0 atom stereocenters. The average molecular weight is 327 g/mol. The Morgan fingerprint density at radius 2 is 1.92 bits per heavy atom. The highest BCUT2D eigenvalue weighted by molar-refractivity contribution is 6.03. The summed E-state index contributed by atoms with van der Waals surface area (Å²) in [5.74, 6) is -0.782. The SMILES string of the molecule is CCN(CC)c1ccc(C(=O)Nc2cccc(C(=O)OC)c2)nc1. The smallest absolute Gasteiger partial charge is 0.337 e. The van der Waals surface area contributed by atoms with E-state index in [2.05, 4.69) is 33.8 Å². The van der Waals surface area contributed by atoms with Crippen molar-refractivity contribution in [2.75, 3.05) is 30.4 Å². The van der Waals surface area contributed by atoms with Gasteiger partial charge in [-0.05, 0) is 44.2 Å². The van der Waals surface area contributed by atoms with Crippen LogP contribution in [0.3, 0.4) is 0 Å². The van der Waals surface area contributed by atoms with E-state index in [0.717, 1.165) is 18.8 Å². The van der Waals surface area contributed by atoms with E-state index >= 15 is 0 Å². The lowest BCUT2D eigenvalue weighted by Gasteiger charge is -2.20. The molecule has 0 aliphatic carbocycles. The Kier molecular flexibility index (Phi) is 5.89. The van der Waals surface area contributed by atoms with Crippen LogP contribution in [0.25, 0.3) is 0 Å². The van der Waals surface area contributed by atoms with E-state index in [1.807, 2.05) is 6.07 Å².